The molecule has 0 spiro atoms. The Morgan fingerprint density at radius 2 is 2.14 bits per heavy atom. The quantitative estimate of drug-likeness (QED) is 0.534. The lowest BCUT2D eigenvalue weighted by atomic mass is 10.2. The number of hydrogen-bond donors (Lipinski definition) is 0. The number of hydrogen-bond acceptors (Lipinski definition) is 2. The topological polar surface area (TPSA) is 12.9 Å². The molecule has 0 aromatic carbocycles. The Morgan fingerprint density at radius 3 is 2.71 bits per heavy atom. The summed E-state index contributed by atoms with van der Waals surface area (Å²) < 4.78 is 37.1. The molecule has 1 heterocycles. The smallest absolute Gasteiger partial charge is 0.247 e. The molecule has 74 valence electrons. The lowest BCUT2D eigenvalue weighted by Crippen LogP contribution is -2.08. The van der Waals surface area contributed by atoms with Gasteiger partial charge in [0.25, 0.3) is 0 Å². The average molecular weight is 329 g/mol. The third kappa shape index (κ3) is 3.06. The number of pyridine rings is 1. The molecule has 0 bridgehead atoms. The summed E-state index contributed by atoms with van der Waals surface area (Å²) in [5.74, 6) is 2.34. The second-order valence-corrected chi connectivity index (χ2v) is 3.88. The molecule has 0 fully saturated rings. The van der Waals surface area contributed by atoms with Crippen molar-refractivity contribution in [2.24, 2.45) is 0 Å². The Hall–Kier alpha value is -0.420. The molecule has 14 heavy (non-hydrogen) atoms. The van der Waals surface area contributed by atoms with Gasteiger partial charge in [0.1, 0.15) is 5.69 Å². The van der Waals surface area contributed by atoms with Gasteiger partial charge in [-0.05, 0) is 32.2 Å². The van der Waals surface area contributed by atoms with Gasteiger partial charge < -0.3 is 0 Å². The van der Waals surface area contributed by atoms with Crippen LogP contribution in [0.1, 0.15) is 11.3 Å². The molecule has 0 N–H and O–H groups in total. The third-order valence-electron chi connectivity index (χ3n) is 1.32. The van der Waals surface area contributed by atoms with Gasteiger partial charge in [0.2, 0.25) is 0 Å². The monoisotopic (exact) mass is 329 g/mol. The fraction of sp³-hybridized carbons (Fsp3) is 0.125. The molecule has 0 amide bonds. The second-order valence-electron chi connectivity index (χ2n) is 2.20. The van der Waals surface area contributed by atoms with E-state index in [0.717, 1.165) is 15.0 Å². The molecule has 1 aromatic rings. The van der Waals surface area contributed by atoms with Crippen molar-refractivity contribution in [2.45, 2.75) is 6.18 Å². The number of halogens is 4. The van der Waals surface area contributed by atoms with E-state index in [2.05, 4.69) is 16.2 Å². The molecule has 0 aliphatic heterocycles. The van der Waals surface area contributed by atoms with Crippen molar-refractivity contribution in [1.82, 2.24) is 4.98 Å². The van der Waals surface area contributed by atoms with Gasteiger partial charge in [0.15, 0.2) is 0 Å². The Labute approximate surface area is 95.1 Å². The second kappa shape index (κ2) is 4.89. The summed E-state index contributed by atoms with van der Waals surface area (Å²) in [7, 11) is 1.12. The summed E-state index contributed by atoms with van der Waals surface area (Å²) in [6.45, 7) is 0. The SMILES string of the molecule is FC(F)(F)c1cccnc1C#CSI. The first-order valence-corrected chi connectivity index (χ1v) is 6.72. The standard InChI is InChI=1S/C8H3F3INS/c9-8(10,11)6-2-1-4-13-7(6)3-5-14-12/h1-2,4H. The molecule has 1 aromatic heterocycles. The van der Waals surface area contributed by atoms with Crippen LogP contribution in [-0.2, 0) is 6.18 Å². The van der Waals surface area contributed by atoms with Crippen LogP contribution in [0.25, 0.3) is 0 Å². The van der Waals surface area contributed by atoms with Crippen LogP contribution < -0.4 is 0 Å². The highest BCUT2D eigenvalue weighted by molar-refractivity contribution is 14.2. The average Bonchev–Trinajstić information content (AvgIpc) is 2.14. The maximum atomic E-state index is 12.4. The summed E-state index contributed by atoms with van der Waals surface area (Å²) in [6.07, 6.45) is -3.11. The summed E-state index contributed by atoms with van der Waals surface area (Å²) in [5, 5.41) is 2.47. The van der Waals surface area contributed by atoms with Crippen molar-refractivity contribution in [1.29, 1.82) is 0 Å². The summed E-state index contributed by atoms with van der Waals surface area (Å²) in [5.41, 5.74) is -1.03. The van der Waals surface area contributed by atoms with Crippen molar-refractivity contribution in [3.8, 4) is 11.2 Å². The Kier molecular flexibility index (Phi) is 4.07. The van der Waals surface area contributed by atoms with Crippen molar-refractivity contribution < 1.29 is 13.2 Å². The van der Waals surface area contributed by atoms with E-state index in [1.165, 1.54) is 12.3 Å². The predicted molar refractivity (Wildman–Crippen MR) is 57.7 cm³/mol. The number of rotatable bonds is 0. The van der Waals surface area contributed by atoms with Gasteiger partial charge in [-0.3, -0.25) is 0 Å². The molecule has 1 nitrogen and oxygen atoms in total. The molecular formula is C8H3F3INS. The molecule has 0 unspecified atom stereocenters. The number of aromatic nitrogens is 1. The first-order valence-electron chi connectivity index (χ1n) is 3.36. The van der Waals surface area contributed by atoms with Crippen LogP contribution in [0.2, 0.25) is 0 Å². The van der Waals surface area contributed by atoms with Crippen LogP contribution in [0.4, 0.5) is 13.2 Å². The van der Waals surface area contributed by atoms with E-state index in [-0.39, 0.29) is 5.69 Å². The van der Waals surface area contributed by atoms with Crippen molar-refractivity contribution >= 4 is 30.1 Å². The third-order valence-corrected chi connectivity index (χ3v) is 2.16. The van der Waals surface area contributed by atoms with Gasteiger partial charge in [-0.15, -0.1) is 0 Å². The van der Waals surface area contributed by atoms with Gasteiger partial charge in [0, 0.05) is 27.4 Å². The summed E-state index contributed by atoms with van der Waals surface area (Å²) in [4.78, 5) is 3.57. The fourth-order valence-corrected chi connectivity index (χ4v) is 1.27. The van der Waals surface area contributed by atoms with E-state index in [0.29, 0.717) is 0 Å². The van der Waals surface area contributed by atoms with Crippen LogP contribution in [0.3, 0.4) is 0 Å². The maximum Gasteiger partial charge on any atom is 0.419 e. The van der Waals surface area contributed by atoms with E-state index in [9.17, 15) is 13.2 Å². The maximum absolute atomic E-state index is 12.4. The zero-order valence-electron chi connectivity index (χ0n) is 6.60. The largest absolute Gasteiger partial charge is 0.419 e. The lowest BCUT2D eigenvalue weighted by Gasteiger charge is -2.06. The zero-order valence-corrected chi connectivity index (χ0v) is 9.57. The molecule has 0 atom stereocenters. The fourth-order valence-electron chi connectivity index (χ4n) is 0.801. The minimum absolute atomic E-state index is 0.232. The molecule has 0 radical (unpaired) electrons. The van der Waals surface area contributed by atoms with Gasteiger partial charge in [-0.2, -0.15) is 13.2 Å². The minimum atomic E-state index is -4.39. The highest BCUT2D eigenvalue weighted by atomic mass is 127. The van der Waals surface area contributed by atoms with E-state index < -0.39 is 11.7 Å². The summed E-state index contributed by atoms with van der Waals surface area (Å²) in [6, 6.07) is 2.21. The molecule has 0 saturated carbocycles. The van der Waals surface area contributed by atoms with Crippen molar-refractivity contribution in [2.75, 3.05) is 0 Å². The molecule has 0 aliphatic carbocycles. The van der Waals surface area contributed by atoms with Crippen LogP contribution in [0.15, 0.2) is 18.3 Å². The van der Waals surface area contributed by atoms with Gasteiger partial charge >= 0.3 is 6.18 Å². The number of alkyl halides is 3. The van der Waals surface area contributed by atoms with E-state index in [1.807, 2.05) is 21.2 Å². The molecule has 0 saturated heterocycles. The molecular weight excluding hydrogens is 326 g/mol. The van der Waals surface area contributed by atoms with Crippen LogP contribution in [0, 0.1) is 11.2 Å². The van der Waals surface area contributed by atoms with Gasteiger partial charge in [-0.25, -0.2) is 4.98 Å². The molecule has 0 aliphatic rings. The van der Waals surface area contributed by atoms with Gasteiger partial charge in [-0.1, -0.05) is 0 Å². The van der Waals surface area contributed by atoms with Crippen molar-refractivity contribution in [3.05, 3.63) is 29.6 Å². The van der Waals surface area contributed by atoms with Crippen molar-refractivity contribution in [3.63, 3.8) is 0 Å². The van der Waals surface area contributed by atoms with Crippen LogP contribution in [0.5, 0.6) is 0 Å². The van der Waals surface area contributed by atoms with Crippen LogP contribution in [-0.4, -0.2) is 4.98 Å². The highest BCUT2D eigenvalue weighted by Crippen LogP contribution is 2.30. The van der Waals surface area contributed by atoms with E-state index in [4.69, 9.17) is 0 Å². The summed E-state index contributed by atoms with van der Waals surface area (Å²) >= 11 is 1.88. The normalized spacial score (nSPS) is 10.6. The Balaban J connectivity index is 3.16. The predicted octanol–water partition coefficient (Wildman–Crippen LogP) is 3.49. The minimum Gasteiger partial charge on any atom is -0.247 e. The Bertz CT molecular complexity index is 380. The Morgan fingerprint density at radius 1 is 1.43 bits per heavy atom. The zero-order chi connectivity index (χ0) is 10.6. The van der Waals surface area contributed by atoms with Crippen LogP contribution >= 0.6 is 30.1 Å². The highest BCUT2D eigenvalue weighted by Gasteiger charge is 2.33. The van der Waals surface area contributed by atoms with Gasteiger partial charge in [0.05, 0.1) is 5.56 Å². The van der Waals surface area contributed by atoms with E-state index in [1.54, 1.807) is 0 Å². The first-order chi connectivity index (χ1) is 6.55. The number of nitrogens with zero attached hydrogens (tertiary/aromatic N) is 1. The van der Waals surface area contributed by atoms with E-state index >= 15 is 0 Å². The molecule has 1 rings (SSSR count). The lowest BCUT2D eigenvalue weighted by molar-refractivity contribution is -0.138. The molecule has 6 heteroatoms. The first kappa shape index (κ1) is 11.7.